The topological polar surface area (TPSA) is 137 Å². The number of aliphatic hydroxyl groups excluding tert-OH is 1. The van der Waals surface area contributed by atoms with E-state index in [4.69, 9.17) is 36.0 Å². The fourth-order valence-electron chi connectivity index (χ4n) is 8.42. The molecular weight excluding hydrogens is 1560 g/mol. The summed E-state index contributed by atoms with van der Waals surface area (Å²) in [4.78, 5) is 0. The van der Waals surface area contributed by atoms with Crippen molar-refractivity contribution in [2.45, 2.75) is 385 Å². The molecular formula is C69H143F3I2O12SSi7. The largest absolute Gasteiger partial charge is 0.522 e. The van der Waals surface area contributed by atoms with Crippen molar-refractivity contribution in [1.29, 1.82) is 0 Å². The highest BCUT2D eigenvalue weighted by Crippen LogP contribution is 2.50. The molecule has 12 atom stereocenters. The minimum Gasteiger partial charge on any atom is -0.411 e. The van der Waals surface area contributed by atoms with Crippen LogP contribution in [0, 0.1) is 5.92 Å². The van der Waals surface area contributed by atoms with Crippen molar-refractivity contribution in [2.24, 2.45) is 5.92 Å². The van der Waals surface area contributed by atoms with Crippen molar-refractivity contribution in [1.82, 2.24) is 0 Å². The Kier molecular flexibility index (Phi) is 36.6. The number of allylic oxidation sites excluding steroid dienone is 2. The van der Waals surface area contributed by atoms with Crippen molar-refractivity contribution in [3.8, 4) is 0 Å². The number of alkyl halides is 3. The molecule has 2 saturated heterocycles. The van der Waals surface area contributed by atoms with Gasteiger partial charge in [-0.15, -0.1) is 13.2 Å². The van der Waals surface area contributed by atoms with Gasteiger partial charge in [-0.05, 0) is 173 Å². The molecule has 0 spiro atoms. The molecule has 0 radical (unpaired) electrons. The lowest BCUT2D eigenvalue weighted by molar-refractivity contribution is -0.229. The molecule has 560 valence electrons. The Bertz CT molecular complexity index is 2370. The fourth-order valence-corrected chi connectivity index (χ4v) is 20.6. The quantitative estimate of drug-likeness (QED) is 0.0426. The van der Waals surface area contributed by atoms with Gasteiger partial charge in [-0.2, -0.15) is 21.6 Å². The van der Waals surface area contributed by atoms with Gasteiger partial charge in [0.15, 0.2) is 49.9 Å². The molecule has 0 bridgehead atoms. The van der Waals surface area contributed by atoms with Crippen molar-refractivity contribution in [2.75, 3.05) is 0 Å². The van der Waals surface area contributed by atoms with Crippen molar-refractivity contribution >= 4 is 114 Å². The van der Waals surface area contributed by atoms with Crippen LogP contribution in [0.3, 0.4) is 0 Å². The zero-order chi connectivity index (χ0) is 74.4. The monoisotopic (exact) mass is 1700 g/mol. The van der Waals surface area contributed by atoms with Gasteiger partial charge in [-0.25, -0.2) is 0 Å². The van der Waals surface area contributed by atoms with Crippen LogP contribution >= 0.6 is 45.2 Å². The van der Waals surface area contributed by atoms with E-state index in [0.29, 0.717) is 6.42 Å². The van der Waals surface area contributed by atoms with Crippen molar-refractivity contribution in [3.63, 3.8) is 0 Å². The molecule has 0 saturated carbocycles. The normalized spacial score (nSPS) is 25.0. The van der Waals surface area contributed by atoms with Crippen LogP contribution in [-0.4, -0.2) is 144 Å². The summed E-state index contributed by atoms with van der Waals surface area (Å²) in [6, 6.07) is 0. The third-order valence-electron chi connectivity index (χ3n) is 22.1. The number of ether oxygens (including phenoxy) is 2. The van der Waals surface area contributed by atoms with Crippen LogP contribution in [0.5, 0.6) is 0 Å². The first kappa shape index (κ1) is 97.3. The van der Waals surface area contributed by atoms with E-state index in [1.165, 1.54) is 13.1 Å². The molecule has 0 aliphatic carbocycles. The van der Waals surface area contributed by atoms with E-state index in [1.807, 2.05) is 16.2 Å². The Balaban J connectivity index is 0. The molecule has 0 aromatic heterocycles. The molecule has 0 aromatic carbocycles. The second-order valence-electron chi connectivity index (χ2n) is 36.8. The smallest absolute Gasteiger partial charge is 0.411 e. The van der Waals surface area contributed by atoms with E-state index in [1.54, 1.807) is 20.8 Å². The van der Waals surface area contributed by atoms with Crippen LogP contribution in [0.15, 0.2) is 45.6 Å². The highest BCUT2D eigenvalue weighted by atomic mass is 127. The zero-order valence-corrected chi connectivity index (χ0v) is 77.5. The van der Waals surface area contributed by atoms with Crippen LogP contribution < -0.4 is 0 Å². The summed E-state index contributed by atoms with van der Waals surface area (Å²) in [6.07, 6.45) is 7.88. The standard InChI is InChI=1S/C31H63IO4Si3.C30H61IO5Si3.C7H15F3O3SSi.CH4/c1-18-19-20-24-23(2)26(35-38(14,15)30(6,7)8)28(36-39(16,17)31(9,10)11)27(33-24)25(21-22-32)34-37(12,13)29(3,4)5;1-17-18-19-22-24(32)26(35-38(13,14)29(5,6)7)27(36-39(15,16)30(8,9)10)25(33-22)23(20-21-31)34-37(11,12)28(2,3)4;1-6(2,3)15(4,5)13-14(11,12)7(8,9)10;/h18,21-28H,1,19-20H2,2-17H3;17,20-27,32H,1,18-19H2,2-16H3;1-5H3;1H4/b22-21+;21-20+;;/t23-,24-,25-,26-,27-,28-;22-,23-,24-,25-,26-,27+;;/m00../s1. The second kappa shape index (κ2) is 35.4. The third kappa shape index (κ3) is 27.1. The summed E-state index contributed by atoms with van der Waals surface area (Å²) < 4.78 is 123. The summed E-state index contributed by atoms with van der Waals surface area (Å²) >= 11 is 4.59. The lowest BCUT2D eigenvalue weighted by Crippen LogP contribution is -2.67. The molecule has 1 N–H and O–H groups in total. The third-order valence-corrected chi connectivity index (χ3v) is 56.5. The maximum atomic E-state index is 12.1. The first-order chi connectivity index (χ1) is 40.9. The Labute approximate surface area is 611 Å². The minimum absolute atomic E-state index is 0. The van der Waals surface area contributed by atoms with Gasteiger partial charge in [-0.1, -0.05) is 217 Å². The Morgan fingerprint density at radius 1 is 0.457 bits per heavy atom. The fraction of sp³-hybridized carbons (Fsp3) is 0.884. The maximum Gasteiger partial charge on any atom is 0.522 e. The van der Waals surface area contributed by atoms with E-state index in [-0.39, 0.29) is 80.2 Å². The van der Waals surface area contributed by atoms with Gasteiger partial charge in [0.25, 0.3) is 0 Å². The number of aliphatic hydroxyl groups is 1. The van der Waals surface area contributed by atoms with Gasteiger partial charge >= 0.3 is 15.6 Å². The summed E-state index contributed by atoms with van der Waals surface area (Å²) in [7, 11) is -21.5. The molecule has 2 heterocycles. The molecule has 25 heteroatoms. The predicted molar refractivity (Wildman–Crippen MR) is 430 cm³/mol. The lowest BCUT2D eigenvalue weighted by Gasteiger charge is -2.54. The first-order valence-electron chi connectivity index (χ1n) is 33.7. The average Bonchev–Trinajstić information content (AvgIpc) is 0.763. The van der Waals surface area contributed by atoms with Crippen LogP contribution in [0.2, 0.25) is 127 Å². The number of hydrogen-bond acceptors (Lipinski definition) is 12. The molecule has 2 aliphatic heterocycles. The highest BCUT2D eigenvalue weighted by Gasteiger charge is 2.59. The van der Waals surface area contributed by atoms with Gasteiger partial charge in [0.05, 0.1) is 36.6 Å². The van der Waals surface area contributed by atoms with Crippen molar-refractivity contribution < 1.29 is 66.6 Å². The molecule has 0 aromatic rings. The van der Waals surface area contributed by atoms with Crippen LogP contribution in [0.4, 0.5) is 13.2 Å². The summed E-state index contributed by atoms with van der Waals surface area (Å²) in [6.45, 7) is 86.8. The Hall–Kier alpha value is 1.28. The molecule has 2 aliphatic rings. The van der Waals surface area contributed by atoms with E-state index in [9.17, 15) is 26.7 Å². The van der Waals surface area contributed by atoms with Crippen LogP contribution in [0.25, 0.3) is 0 Å². The number of hydrogen-bond donors (Lipinski definition) is 1. The second-order valence-corrected chi connectivity index (χ2v) is 73.3. The average molecular weight is 1700 g/mol. The molecule has 0 amide bonds. The summed E-state index contributed by atoms with van der Waals surface area (Å²) in [5.41, 5.74) is -5.34. The zero-order valence-electron chi connectivity index (χ0n) is 65.4. The van der Waals surface area contributed by atoms with Gasteiger partial charge in [0.2, 0.25) is 8.32 Å². The van der Waals surface area contributed by atoms with Crippen molar-refractivity contribution in [3.05, 3.63) is 45.6 Å². The Morgan fingerprint density at radius 2 is 0.713 bits per heavy atom. The van der Waals surface area contributed by atoms with Gasteiger partial charge in [0.1, 0.15) is 30.5 Å². The van der Waals surface area contributed by atoms with E-state index < -0.39 is 109 Å². The van der Waals surface area contributed by atoms with Gasteiger partial charge < -0.3 is 45.0 Å². The molecule has 94 heavy (non-hydrogen) atoms. The summed E-state index contributed by atoms with van der Waals surface area (Å²) in [5, 5.41) is 11.5. The minimum atomic E-state index is -5.48. The molecule has 2 fully saturated rings. The van der Waals surface area contributed by atoms with Gasteiger partial charge in [0, 0.05) is 5.92 Å². The highest BCUT2D eigenvalue weighted by molar-refractivity contribution is 14.1. The van der Waals surface area contributed by atoms with Gasteiger partial charge in [-0.3, -0.25) is 0 Å². The number of rotatable bonds is 24. The van der Waals surface area contributed by atoms with Crippen LogP contribution in [0.1, 0.15) is 185 Å². The van der Waals surface area contributed by atoms with E-state index >= 15 is 0 Å². The first-order valence-corrected chi connectivity index (χ1v) is 58.0. The SMILES string of the molecule is C.C=CCC[C@@H]1O[C@@H]([C@H](/C=C/I)O[Si](C)(C)C(C)(C)C)[C@@H](O[Si](C)(C)C(C)(C)C)[C@@H](O[Si](C)(C)C(C)(C)C)[C@H]1C.C=CCC[C@@H]1O[C@@H]([C@H](/C=C/I)O[Si](C)(C)C(C)(C)C)[C@@H](O[Si](C)(C)C(C)(C)C)[C@@H](O[Si](C)(C)C(C)(C)C)[C@H]1O.CC(C)(C)[Si](C)(C)OS(=O)(=O)C(F)(F)F. The van der Waals surface area contributed by atoms with E-state index in [0.717, 1.165) is 19.3 Å². The Morgan fingerprint density at radius 3 is 0.979 bits per heavy atom. The molecule has 0 unspecified atom stereocenters. The predicted octanol–water partition coefficient (Wildman–Crippen LogP) is 23.2. The maximum absolute atomic E-state index is 12.1. The lowest BCUT2D eigenvalue weighted by atomic mass is 9.84. The van der Waals surface area contributed by atoms with E-state index in [2.05, 4.69) is 289 Å². The molecule has 2 rings (SSSR count). The molecule has 12 nitrogen and oxygen atoms in total. The number of halogens is 5. The van der Waals surface area contributed by atoms with Crippen LogP contribution in [-0.2, 0) is 50.0 Å². The summed E-state index contributed by atoms with van der Waals surface area (Å²) in [5.74, 6) is 0.196.